The van der Waals surface area contributed by atoms with Crippen molar-refractivity contribution in [1.29, 1.82) is 0 Å². The lowest BCUT2D eigenvalue weighted by atomic mass is 10.0. The third-order valence-electron chi connectivity index (χ3n) is 4.93. The van der Waals surface area contributed by atoms with Crippen molar-refractivity contribution in [2.45, 2.75) is 13.8 Å². The Morgan fingerprint density at radius 2 is 1.91 bits per heavy atom. The number of rotatable bonds is 1. The molecular weight excluding hydrogens is 292 g/mol. The Kier molecular flexibility index (Phi) is 3.07. The van der Waals surface area contributed by atoms with Gasteiger partial charge in [-0.2, -0.15) is 0 Å². The van der Waals surface area contributed by atoms with Crippen LogP contribution in [0.3, 0.4) is 0 Å². The summed E-state index contributed by atoms with van der Waals surface area (Å²) in [5, 5.41) is 2.86. The summed E-state index contributed by atoms with van der Waals surface area (Å²) in [4.78, 5) is 35.3. The maximum Gasteiger partial charge on any atom is 0.253 e. The Labute approximate surface area is 133 Å². The van der Waals surface area contributed by atoms with E-state index >= 15 is 0 Å². The van der Waals surface area contributed by atoms with E-state index in [1.165, 1.54) is 0 Å². The summed E-state index contributed by atoms with van der Waals surface area (Å²) in [5.41, 5.74) is 3.90. The van der Waals surface area contributed by atoms with Crippen molar-refractivity contribution in [3.8, 4) is 0 Å². The van der Waals surface area contributed by atoms with Crippen molar-refractivity contribution in [3.63, 3.8) is 0 Å². The standard InChI is InChI=1S/C17H18N4O2/c1-9-10(2)20-15-5-11(3-4-14(15)19-9)17(23)21-7-12-6-18-16(22)13(12)8-21/h3-5,12-13H,6-8H2,1-2H3,(H,18,22)/t12-,13+/m0/s1. The van der Waals surface area contributed by atoms with Crippen molar-refractivity contribution in [2.24, 2.45) is 11.8 Å². The topological polar surface area (TPSA) is 75.2 Å². The number of amides is 2. The second kappa shape index (κ2) is 5.01. The predicted molar refractivity (Wildman–Crippen MR) is 84.9 cm³/mol. The maximum atomic E-state index is 12.7. The van der Waals surface area contributed by atoms with Gasteiger partial charge in [-0.25, -0.2) is 9.97 Å². The van der Waals surface area contributed by atoms with E-state index in [1.807, 2.05) is 19.9 Å². The van der Waals surface area contributed by atoms with Gasteiger partial charge in [-0.3, -0.25) is 9.59 Å². The van der Waals surface area contributed by atoms with Crippen molar-refractivity contribution in [1.82, 2.24) is 20.2 Å². The highest BCUT2D eigenvalue weighted by molar-refractivity contribution is 5.98. The summed E-state index contributed by atoms with van der Waals surface area (Å²) in [6.45, 7) is 5.66. The summed E-state index contributed by atoms with van der Waals surface area (Å²) in [6.07, 6.45) is 0. The zero-order valence-corrected chi connectivity index (χ0v) is 13.2. The monoisotopic (exact) mass is 310 g/mol. The van der Waals surface area contributed by atoms with Crippen LogP contribution in [0.15, 0.2) is 18.2 Å². The van der Waals surface area contributed by atoms with Gasteiger partial charge in [0.15, 0.2) is 0 Å². The summed E-state index contributed by atoms with van der Waals surface area (Å²) in [5.74, 6) is 0.232. The summed E-state index contributed by atoms with van der Waals surface area (Å²) < 4.78 is 0. The lowest BCUT2D eigenvalue weighted by Gasteiger charge is -2.17. The second-order valence-corrected chi connectivity index (χ2v) is 6.42. The molecule has 6 heteroatoms. The molecule has 23 heavy (non-hydrogen) atoms. The number of carbonyl (C=O) groups excluding carboxylic acids is 2. The number of benzene rings is 1. The molecule has 0 radical (unpaired) electrons. The molecule has 0 aliphatic carbocycles. The molecule has 2 aliphatic rings. The molecule has 0 spiro atoms. The molecule has 1 N–H and O–H groups in total. The van der Waals surface area contributed by atoms with E-state index in [9.17, 15) is 9.59 Å². The van der Waals surface area contributed by atoms with E-state index in [4.69, 9.17) is 0 Å². The van der Waals surface area contributed by atoms with Gasteiger partial charge in [0.05, 0.1) is 28.3 Å². The number of likely N-dealkylation sites (tertiary alicyclic amines) is 1. The Bertz CT molecular complexity index is 833. The minimum Gasteiger partial charge on any atom is -0.355 e. The maximum absolute atomic E-state index is 12.7. The van der Waals surface area contributed by atoms with E-state index in [-0.39, 0.29) is 23.7 Å². The first-order valence-electron chi connectivity index (χ1n) is 7.85. The van der Waals surface area contributed by atoms with Gasteiger partial charge >= 0.3 is 0 Å². The van der Waals surface area contributed by atoms with E-state index in [1.54, 1.807) is 17.0 Å². The van der Waals surface area contributed by atoms with Crippen molar-refractivity contribution >= 4 is 22.8 Å². The third-order valence-corrected chi connectivity index (χ3v) is 4.93. The van der Waals surface area contributed by atoms with Gasteiger partial charge in [-0.1, -0.05) is 0 Å². The number of carbonyl (C=O) groups is 2. The van der Waals surface area contributed by atoms with Gasteiger partial charge in [0, 0.05) is 31.1 Å². The Balaban J connectivity index is 1.63. The van der Waals surface area contributed by atoms with Crippen LogP contribution < -0.4 is 5.32 Å². The smallest absolute Gasteiger partial charge is 0.253 e. The average molecular weight is 310 g/mol. The molecule has 6 nitrogen and oxygen atoms in total. The quantitative estimate of drug-likeness (QED) is 0.855. The first kappa shape index (κ1) is 14.1. The lowest BCUT2D eigenvalue weighted by Crippen LogP contribution is -2.33. The van der Waals surface area contributed by atoms with Crippen LogP contribution in [0.5, 0.6) is 0 Å². The fourth-order valence-corrected chi connectivity index (χ4v) is 3.45. The summed E-state index contributed by atoms with van der Waals surface area (Å²) in [7, 11) is 0. The number of nitrogens with zero attached hydrogens (tertiary/aromatic N) is 3. The zero-order chi connectivity index (χ0) is 16.1. The highest BCUT2D eigenvalue weighted by atomic mass is 16.2. The van der Waals surface area contributed by atoms with Crippen LogP contribution in [0.25, 0.3) is 11.0 Å². The molecule has 2 amide bonds. The number of hydrogen-bond donors (Lipinski definition) is 1. The highest BCUT2D eigenvalue weighted by Crippen LogP contribution is 2.28. The van der Waals surface area contributed by atoms with E-state index < -0.39 is 0 Å². The molecule has 1 aromatic heterocycles. The second-order valence-electron chi connectivity index (χ2n) is 6.42. The van der Waals surface area contributed by atoms with Crippen LogP contribution in [0, 0.1) is 25.7 Å². The lowest BCUT2D eigenvalue weighted by molar-refractivity contribution is -0.122. The number of aromatic nitrogens is 2. The Hall–Kier alpha value is -2.50. The fourth-order valence-electron chi connectivity index (χ4n) is 3.45. The van der Waals surface area contributed by atoms with Gasteiger partial charge in [-0.05, 0) is 32.0 Å². The Morgan fingerprint density at radius 3 is 2.65 bits per heavy atom. The molecule has 0 saturated carbocycles. The molecule has 3 heterocycles. The number of fused-ring (bicyclic) bond motifs is 2. The van der Waals surface area contributed by atoms with Gasteiger partial charge in [0.1, 0.15) is 0 Å². The molecule has 1 aromatic carbocycles. The third kappa shape index (κ3) is 2.25. The van der Waals surface area contributed by atoms with Crippen molar-refractivity contribution < 1.29 is 9.59 Å². The molecule has 2 fully saturated rings. The van der Waals surface area contributed by atoms with Crippen LogP contribution in [-0.2, 0) is 4.79 Å². The minimum absolute atomic E-state index is 0.0332. The Morgan fingerprint density at radius 1 is 1.17 bits per heavy atom. The predicted octanol–water partition coefficient (Wildman–Crippen LogP) is 1.06. The van der Waals surface area contributed by atoms with Gasteiger partial charge in [-0.15, -0.1) is 0 Å². The van der Waals surface area contributed by atoms with Gasteiger partial charge in [0.25, 0.3) is 5.91 Å². The fraction of sp³-hybridized carbons (Fsp3) is 0.412. The zero-order valence-electron chi connectivity index (χ0n) is 13.2. The first-order valence-corrected chi connectivity index (χ1v) is 7.85. The molecule has 2 aromatic rings. The van der Waals surface area contributed by atoms with E-state index in [0.717, 1.165) is 22.4 Å². The van der Waals surface area contributed by atoms with Crippen LogP contribution in [0.2, 0.25) is 0 Å². The van der Waals surface area contributed by atoms with Gasteiger partial charge in [0.2, 0.25) is 5.91 Å². The molecule has 2 aliphatic heterocycles. The molecule has 0 bridgehead atoms. The van der Waals surface area contributed by atoms with Crippen LogP contribution in [0.4, 0.5) is 0 Å². The largest absolute Gasteiger partial charge is 0.355 e. The van der Waals surface area contributed by atoms with Crippen molar-refractivity contribution in [3.05, 3.63) is 35.2 Å². The molecule has 4 rings (SSSR count). The van der Waals surface area contributed by atoms with Crippen LogP contribution >= 0.6 is 0 Å². The summed E-state index contributed by atoms with van der Waals surface area (Å²) in [6, 6.07) is 5.43. The molecular formula is C17H18N4O2. The molecule has 118 valence electrons. The molecule has 2 atom stereocenters. The van der Waals surface area contributed by atoms with Gasteiger partial charge < -0.3 is 10.2 Å². The SMILES string of the molecule is Cc1nc2ccc(C(=O)N3C[C@@H]4CNC(=O)[C@@H]4C3)cc2nc1C. The van der Waals surface area contributed by atoms with Crippen LogP contribution in [0.1, 0.15) is 21.7 Å². The highest BCUT2D eigenvalue weighted by Gasteiger charge is 2.43. The normalized spacial score (nSPS) is 23.2. The van der Waals surface area contributed by atoms with E-state index in [2.05, 4.69) is 15.3 Å². The van der Waals surface area contributed by atoms with E-state index in [0.29, 0.717) is 25.2 Å². The number of hydrogen-bond acceptors (Lipinski definition) is 4. The molecule has 0 unspecified atom stereocenters. The van der Waals surface area contributed by atoms with Crippen LogP contribution in [-0.4, -0.2) is 46.3 Å². The average Bonchev–Trinajstić information content (AvgIpc) is 3.10. The number of aryl methyl sites for hydroxylation is 2. The first-order chi connectivity index (χ1) is 11.0. The van der Waals surface area contributed by atoms with Crippen molar-refractivity contribution in [2.75, 3.05) is 19.6 Å². The number of nitrogens with one attached hydrogen (secondary N) is 1. The minimum atomic E-state index is -0.0518. The summed E-state index contributed by atoms with van der Waals surface area (Å²) >= 11 is 0. The molecule has 2 saturated heterocycles.